The van der Waals surface area contributed by atoms with Crippen LogP contribution in [0.25, 0.3) is 0 Å². The zero-order chi connectivity index (χ0) is 19.4. The van der Waals surface area contributed by atoms with Crippen molar-refractivity contribution < 1.29 is 14.7 Å². The van der Waals surface area contributed by atoms with Gasteiger partial charge in [0.05, 0.1) is 12.1 Å². The average Bonchev–Trinajstić information content (AvgIpc) is 3.29. The first-order valence-electron chi connectivity index (χ1n) is 8.09. The number of carboxylic acids is 1. The van der Waals surface area contributed by atoms with Crippen LogP contribution in [-0.2, 0) is 9.63 Å². The fourth-order valence-corrected chi connectivity index (χ4v) is 3.29. The quantitative estimate of drug-likeness (QED) is 0.588. The summed E-state index contributed by atoms with van der Waals surface area (Å²) >= 11 is 1.33. The Balaban J connectivity index is 1.72. The van der Waals surface area contributed by atoms with Gasteiger partial charge in [0.1, 0.15) is 17.9 Å². The molecular formula is C18H19N5O3S. The van der Waals surface area contributed by atoms with Crippen molar-refractivity contribution >= 4 is 45.3 Å². The van der Waals surface area contributed by atoms with Gasteiger partial charge in [0, 0.05) is 30.7 Å². The van der Waals surface area contributed by atoms with Gasteiger partial charge in [0.15, 0.2) is 5.71 Å². The van der Waals surface area contributed by atoms with E-state index in [0.717, 1.165) is 17.0 Å². The molecule has 0 fully saturated rings. The second kappa shape index (κ2) is 8.00. The highest BCUT2D eigenvalue weighted by Crippen LogP contribution is 2.25. The van der Waals surface area contributed by atoms with E-state index < -0.39 is 5.97 Å². The summed E-state index contributed by atoms with van der Waals surface area (Å²) < 4.78 is 0. The average molecular weight is 385 g/mol. The van der Waals surface area contributed by atoms with E-state index in [2.05, 4.69) is 25.5 Å². The molecule has 0 aliphatic carbocycles. The number of amidine groups is 1. The molecule has 27 heavy (non-hydrogen) atoms. The summed E-state index contributed by atoms with van der Waals surface area (Å²) in [5, 5.41) is 19.4. The Labute approximate surface area is 160 Å². The van der Waals surface area contributed by atoms with Gasteiger partial charge in [-0.2, -0.15) is 5.10 Å². The van der Waals surface area contributed by atoms with E-state index in [9.17, 15) is 9.90 Å². The van der Waals surface area contributed by atoms with Crippen LogP contribution in [0.4, 0.5) is 10.7 Å². The summed E-state index contributed by atoms with van der Waals surface area (Å²) in [5.41, 5.74) is 6.30. The molecule has 140 valence electrons. The van der Waals surface area contributed by atoms with Crippen molar-refractivity contribution in [2.75, 3.05) is 26.1 Å². The minimum Gasteiger partial charge on any atom is -0.476 e. The summed E-state index contributed by atoms with van der Waals surface area (Å²) in [6, 6.07) is 9.81. The van der Waals surface area contributed by atoms with Crippen LogP contribution in [0.3, 0.4) is 0 Å². The summed E-state index contributed by atoms with van der Waals surface area (Å²) in [7, 11) is 5.30. The lowest BCUT2D eigenvalue weighted by molar-refractivity contribution is -0.129. The highest BCUT2D eigenvalue weighted by Gasteiger charge is 2.18. The minimum absolute atomic E-state index is 0.155. The third-order valence-corrected chi connectivity index (χ3v) is 4.68. The Morgan fingerprint density at radius 3 is 2.70 bits per heavy atom. The summed E-state index contributed by atoms with van der Waals surface area (Å²) in [6.45, 7) is 0. The number of nitrogens with zero attached hydrogens (tertiary/aromatic N) is 4. The van der Waals surface area contributed by atoms with E-state index >= 15 is 0 Å². The smallest absolute Gasteiger partial charge is 0.358 e. The number of aliphatic imine (C=N–C) groups is 1. The lowest BCUT2D eigenvalue weighted by Gasteiger charge is -2.12. The maximum absolute atomic E-state index is 11.2. The second-order valence-electron chi connectivity index (χ2n) is 5.95. The van der Waals surface area contributed by atoms with Gasteiger partial charge >= 0.3 is 5.97 Å². The Morgan fingerprint density at radius 2 is 2.07 bits per heavy atom. The van der Waals surface area contributed by atoms with Crippen molar-refractivity contribution in [3.63, 3.8) is 0 Å². The van der Waals surface area contributed by atoms with Crippen molar-refractivity contribution in [1.82, 2.24) is 5.43 Å². The van der Waals surface area contributed by atoms with Gasteiger partial charge in [0.25, 0.3) is 0 Å². The number of hydrazone groups is 1. The third-order valence-electron chi connectivity index (χ3n) is 3.86. The first-order valence-corrected chi connectivity index (χ1v) is 8.97. The topological polar surface area (TPSA) is 98.9 Å². The molecule has 0 atom stereocenters. The first kappa shape index (κ1) is 18.6. The summed E-state index contributed by atoms with van der Waals surface area (Å²) in [4.78, 5) is 22.4. The number of oxime groups is 1. The zero-order valence-electron chi connectivity index (χ0n) is 15.1. The summed E-state index contributed by atoms with van der Waals surface area (Å²) in [5.74, 6) is -0.449. The largest absolute Gasteiger partial charge is 0.476 e. The standard InChI is InChI=1S/C18H19N5O3S/c1-23(2)13-6-4-11(5-7-13)14-9-15(21-20-14)19-16-8-12(10-27-16)17(18(24)25)22-26-3/h4-8,10H,9H2,1-3H3,(H,19,21)(H,24,25). The minimum atomic E-state index is -1.15. The molecule has 2 aromatic rings. The lowest BCUT2D eigenvalue weighted by atomic mass is 10.1. The molecule has 0 saturated carbocycles. The number of carboxylic acid groups (broad SMARTS) is 1. The molecule has 1 aromatic carbocycles. The molecule has 0 radical (unpaired) electrons. The van der Waals surface area contributed by atoms with Gasteiger partial charge in [-0.1, -0.05) is 17.3 Å². The van der Waals surface area contributed by atoms with Gasteiger partial charge in [-0.25, -0.2) is 9.79 Å². The number of hydrogen-bond donors (Lipinski definition) is 2. The van der Waals surface area contributed by atoms with Gasteiger partial charge in [-0.15, -0.1) is 11.3 Å². The zero-order valence-corrected chi connectivity index (χ0v) is 15.9. The lowest BCUT2D eigenvalue weighted by Crippen LogP contribution is -2.13. The van der Waals surface area contributed by atoms with Crippen LogP contribution in [0.15, 0.2) is 51.0 Å². The van der Waals surface area contributed by atoms with E-state index in [1.807, 2.05) is 43.3 Å². The number of rotatable bonds is 6. The molecule has 0 amide bonds. The predicted octanol–water partition coefficient (Wildman–Crippen LogP) is 2.68. The highest BCUT2D eigenvalue weighted by molar-refractivity contribution is 7.14. The predicted molar refractivity (Wildman–Crippen MR) is 108 cm³/mol. The molecule has 0 bridgehead atoms. The number of nitrogens with one attached hydrogen (secondary N) is 1. The van der Waals surface area contributed by atoms with Gasteiger partial charge < -0.3 is 14.8 Å². The van der Waals surface area contributed by atoms with Gasteiger partial charge in [-0.3, -0.25) is 5.43 Å². The molecule has 1 aromatic heterocycles. The van der Waals surface area contributed by atoms with Crippen LogP contribution in [0.1, 0.15) is 17.5 Å². The normalized spacial score (nSPS) is 15.4. The molecule has 3 rings (SSSR count). The molecule has 0 unspecified atom stereocenters. The van der Waals surface area contributed by atoms with Gasteiger partial charge in [0.2, 0.25) is 0 Å². The van der Waals surface area contributed by atoms with E-state index in [1.165, 1.54) is 18.4 Å². The number of aliphatic carboxylic acids is 1. The van der Waals surface area contributed by atoms with Crippen LogP contribution in [0, 0.1) is 0 Å². The van der Waals surface area contributed by atoms with E-state index in [-0.39, 0.29) is 5.71 Å². The third kappa shape index (κ3) is 4.32. The first-order chi connectivity index (χ1) is 13.0. The molecule has 2 heterocycles. The summed E-state index contributed by atoms with van der Waals surface area (Å²) in [6.07, 6.45) is 0.576. The van der Waals surface area contributed by atoms with Crippen molar-refractivity contribution in [3.05, 3.63) is 46.8 Å². The molecule has 2 N–H and O–H groups in total. The second-order valence-corrected chi connectivity index (χ2v) is 6.84. The molecular weight excluding hydrogens is 366 g/mol. The highest BCUT2D eigenvalue weighted by atomic mass is 32.1. The van der Waals surface area contributed by atoms with Gasteiger partial charge in [-0.05, 0) is 23.8 Å². The number of benzene rings is 1. The number of thiophene rings is 1. The SMILES string of the molecule is CON=C(C(=O)O)c1csc(/N=C2/CC(c3ccc(N(C)C)cc3)=NN2)c1. The fourth-order valence-electron chi connectivity index (χ4n) is 2.50. The molecule has 0 saturated heterocycles. The number of anilines is 1. The molecule has 8 nitrogen and oxygen atoms in total. The van der Waals surface area contributed by atoms with E-state index in [4.69, 9.17) is 0 Å². The Hall–Kier alpha value is -3.20. The maximum Gasteiger partial charge on any atom is 0.358 e. The van der Waals surface area contributed by atoms with Crippen LogP contribution < -0.4 is 10.3 Å². The van der Waals surface area contributed by atoms with Crippen molar-refractivity contribution in [3.8, 4) is 0 Å². The molecule has 1 aliphatic heterocycles. The van der Waals surface area contributed by atoms with Crippen LogP contribution >= 0.6 is 11.3 Å². The number of carbonyl (C=O) groups is 1. The Morgan fingerprint density at radius 1 is 1.33 bits per heavy atom. The Bertz CT molecular complexity index is 929. The monoisotopic (exact) mass is 385 g/mol. The fraction of sp³-hybridized carbons (Fsp3) is 0.222. The van der Waals surface area contributed by atoms with Crippen LogP contribution in [-0.4, -0.2) is 49.5 Å². The molecule has 0 spiro atoms. The van der Waals surface area contributed by atoms with Crippen LogP contribution in [0.2, 0.25) is 0 Å². The Kier molecular flexibility index (Phi) is 5.51. The van der Waals surface area contributed by atoms with Crippen molar-refractivity contribution in [2.45, 2.75) is 6.42 Å². The van der Waals surface area contributed by atoms with Crippen molar-refractivity contribution in [1.29, 1.82) is 0 Å². The van der Waals surface area contributed by atoms with E-state index in [0.29, 0.717) is 22.8 Å². The molecule has 9 heteroatoms. The van der Waals surface area contributed by atoms with Crippen molar-refractivity contribution in [2.24, 2.45) is 15.2 Å². The van der Waals surface area contributed by atoms with E-state index in [1.54, 1.807) is 11.4 Å². The maximum atomic E-state index is 11.2. The van der Waals surface area contributed by atoms with Crippen LogP contribution in [0.5, 0.6) is 0 Å². The number of hydrogen-bond acceptors (Lipinski definition) is 7. The molecule has 1 aliphatic rings.